The van der Waals surface area contributed by atoms with Crippen LogP contribution in [0.2, 0.25) is 0 Å². The lowest BCUT2D eigenvalue weighted by atomic mass is 9.85. The molecular weight excluding hydrogens is 300 g/mol. The molecule has 2 aromatic rings. The first-order valence-electron chi connectivity index (χ1n) is 8.18. The van der Waals surface area contributed by atoms with Crippen LogP contribution in [0.3, 0.4) is 0 Å². The van der Waals surface area contributed by atoms with Crippen molar-refractivity contribution in [3.8, 4) is 0 Å². The van der Waals surface area contributed by atoms with Gasteiger partial charge in [-0.3, -0.25) is 4.98 Å². The first-order valence-corrected chi connectivity index (χ1v) is 8.18. The molecule has 1 aromatic heterocycles. The monoisotopic (exact) mass is 326 g/mol. The van der Waals surface area contributed by atoms with Crippen molar-refractivity contribution in [1.29, 1.82) is 0 Å². The molecule has 0 unspecified atom stereocenters. The minimum Gasteiger partial charge on any atom is -0.460 e. The Kier molecular flexibility index (Phi) is 5.60. The van der Waals surface area contributed by atoms with Crippen LogP contribution in [0, 0.1) is 6.92 Å². The van der Waals surface area contributed by atoms with Crippen molar-refractivity contribution in [1.82, 2.24) is 4.98 Å². The molecule has 0 saturated heterocycles. The number of anilines is 1. The fourth-order valence-corrected chi connectivity index (χ4v) is 2.44. The van der Waals surface area contributed by atoms with E-state index >= 15 is 0 Å². The van der Waals surface area contributed by atoms with Gasteiger partial charge in [0.25, 0.3) is 0 Å². The van der Waals surface area contributed by atoms with Gasteiger partial charge in [0.15, 0.2) is 0 Å². The Hall–Kier alpha value is -2.36. The summed E-state index contributed by atoms with van der Waals surface area (Å²) in [7, 11) is 1.96. The second-order valence-corrected chi connectivity index (χ2v) is 7.04. The predicted molar refractivity (Wildman–Crippen MR) is 97.7 cm³/mol. The Labute approximate surface area is 144 Å². The van der Waals surface area contributed by atoms with Gasteiger partial charge in [-0.25, -0.2) is 4.79 Å². The van der Waals surface area contributed by atoms with E-state index in [0.29, 0.717) is 18.7 Å². The molecule has 0 bridgehead atoms. The van der Waals surface area contributed by atoms with E-state index < -0.39 is 0 Å². The third-order valence-corrected chi connectivity index (χ3v) is 4.08. The zero-order valence-electron chi connectivity index (χ0n) is 15.2. The Bertz CT molecular complexity index is 691. The largest absolute Gasteiger partial charge is 0.460 e. The summed E-state index contributed by atoms with van der Waals surface area (Å²) >= 11 is 0. The number of carbonyl (C=O) groups excluding carboxylic acids is 1. The maximum Gasteiger partial charge on any atom is 0.338 e. The maximum atomic E-state index is 12.3. The fraction of sp³-hybridized carbons (Fsp3) is 0.400. The molecule has 1 heterocycles. The number of hydrogen-bond donors (Lipinski definition) is 0. The molecule has 0 aliphatic rings. The highest BCUT2D eigenvalue weighted by Gasteiger charge is 2.17. The minimum atomic E-state index is -0.268. The van der Waals surface area contributed by atoms with Crippen LogP contribution in [0.1, 0.15) is 42.3 Å². The number of likely N-dealkylation sites (N-methyl/N-ethyl adjacent to an activating group) is 1. The van der Waals surface area contributed by atoms with Crippen molar-refractivity contribution < 1.29 is 9.53 Å². The van der Waals surface area contributed by atoms with Crippen LogP contribution in [-0.2, 0) is 10.2 Å². The molecule has 0 N–H and O–H groups in total. The van der Waals surface area contributed by atoms with E-state index in [2.05, 4.69) is 31.8 Å². The van der Waals surface area contributed by atoms with Crippen LogP contribution in [-0.4, -0.2) is 31.2 Å². The number of carbonyl (C=O) groups is 1. The van der Waals surface area contributed by atoms with Crippen LogP contribution >= 0.6 is 0 Å². The summed E-state index contributed by atoms with van der Waals surface area (Å²) in [6.45, 7) is 9.42. The average Bonchev–Trinajstić information content (AvgIpc) is 2.54. The van der Waals surface area contributed by atoms with Crippen LogP contribution in [0.15, 0.2) is 42.7 Å². The van der Waals surface area contributed by atoms with Gasteiger partial charge in [-0.15, -0.1) is 0 Å². The summed E-state index contributed by atoms with van der Waals surface area (Å²) in [6, 6.07) is 9.80. The highest BCUT2D eigenvalue weighted by Crippen LogP contribution is 2.24. The van der Waals surface area contributed by atoms with Gasteiger partial charge in [0.2, 0.25) is 0 Å². The van der Waals surface area contributed by atoms with E-state index in [1.807, 2.05) is 43.1 Å². The van der Waals surface area contributed by atoms with Gasteiger partial charge in [-0.2, -0.15) is 0 Å². The molecule has 0 saturated carbocycles. The second-order valence-electron chi connectivity index (χ2n) is 7.04. The number of nitrogens with zero attached hydrogens (tertiary/aromatic N) is 2. The summed E-state index contributed by atoms with van der Waals surface area (Å²) in [5.41, 5.74) is 3.92. The number of pyridine rings is 1. The van der Waals surface area contributed by atoms with Gasteiger partial charge in [0, 0.05) is 25.1 Å². The highest BCUT2D eigenvalue weighted by atomic mass is 16.5. The lowest BCUT2D eigenvalue weighted by molar-refractivity contribution is 0.0515. The summed E-state index contributed by atoms with van der Waals surface area (Å²) < 4.78 is 5.43. The molecule has 0 spiro atoms. The lowest BCUT2D eigenvalue weighted by Gasteiger charge is -2.21. The van der Waals surface area contributed by atoms with Crippen LogP contribution in [0.5, 0.6) is 0 Å². The molecule has 2 rings (SSSR count). The molecule has 0 fully saturated rings. The van der Waals surface area contributed by atoms with Crippen molar-refractivity contribution in [2.24, 2.45) is 0 Å². The molecule has 0 radical (unpaired) electrons. The van der Waals surface area contributed by atoms with Crippen molar-refractivity contribution >= 4 is 11.7 Å². The average molecular weight is 326 g/mol. The van der Waals surface area contributed by atoms with Gasteiger partial charge in [0.1, 0.15) is 6.61 Å². The summed E-state index contributed by atoms with van der Waals surface area (Å²) in [5, 5.41) is 0. The summed E-state index contributed by atoms with van der Waals surface area (Å²) in [5.74, 6) is -0.268. The van der Waals surface area contributed by atoms with Gasteiger partial charge in [-0.05, 0) is 41.7 Å². The van der Waals surface area contributed by atoms with E-state index in [4.69, 9.17) is 4.74 Å². The summed E-state index contributed by atoms with van der Waals surface area (Å²) in [4.78, 5) is 18.3. The molecule has 0 aliphatic heterocycles. The zero-order chi connectivity index (χ0) is 17.7. The zero-order valence-corrected chi connectivity index (χ0v) is 15.2. The standard InChI is InChI=1S/C20H26N2O2/c1-15-14-16(20(2,3)4)6-7-18(15)19(23)24-13-12-22(5)17-8-10-21-11-9-17/h6-11,14H,12-13H2,1-5H3. The Morgan fingerprint density at radius 1 is 1.17 bits per heavy atom. The fourth-order valence-electron chi connectivity index (χ4n) is 2.44. The molecule has 1 aromatic carbocycles. The Morgan fingerprint density at radius 3 is 2.42 bits per heavy atom. The number of hydrogen-bond acceptors (Lipinski definition) is 4. The van der Waals surface area contributed by atoms with E-state index in [0.717, 1.165) is 11.3 Å². The van der Waals surface area contributed by atoms with Gasteiger partial charge in [0.05, 0.1) is 12.1 Å². The van der Waals surface area contributed by atoms with E-state index in [1.54, 1.807) is 12.4 Å². The lowest BCUT2D eigenvalue weighted by Crippen LogP contribution is -2.24. The molecule has 0 aliphatic carbocycles. The van der Waals surface area contributed by atoms with Crippen molar-refractivity contribution in [2.75, 3.05) is 25.1 Å². The normalized spacial score (nSPS) is 11.2. The van der Waals surface area contributed by atoms with Gasteiger partial charge >= 0.3 is 5.97 Å². The SMILES string of the molecule is Cc1cc(C(C)(C)C)ccc1C(=O)OCCN(C)c1ccncc1. The molecular formula is C20H26N2O2. The van der Waals surface area contributed by atoms with E-state index in [9.17, 15) is 4.79 Å². The molecule has 4 nitrogen and oxygen atoms in total. The summed E-state index contributed by atoms with van der Waals surface area (Å²) in [6.07, 6.45) is 3.50. The minimum absolute atomic E-state index is 0.0699. The number of aromatic nitrogens is 1. The number of rotatable bonds is 5. The number of benzene rings is 1. The second kappa shape index (κ2) is 7.47. The van der Waals surface area contributed by atoms with E-state index in [-0.39, 0.29) is 11.4 Å². The van der Waals surface area contributed by atoms with Crippen LogP contribution in [0.25, 0.3) is 0 Å². The first-order chi connectivity index (χ1) is 11.3. The Morgan fingerprint density at radius 2 is 1.83 bits per heavy atom. The van der Waals surface area contributed by atoms with Gasteiger partial charge in [-0.1, -0.05) is 32.9 Å². The van der Waals surface area contributed by atoms with Crippen molar-refractivity contribution in [2.45, 2.75) is 33.1 Å². The van der Waals surface area contributed by atoms with Crippen LogP contribution in [0.4, 0.5) is 5.69 Å². The maximum absolute atomic E-state index is 12.3. The quantitative estimate of drug-likeness (QED) is 0.780. The third kappa shape index (κ3) is 4.57. The molecule has 24 heavy (non-hydrogen) atoms. The number of ether oxygens (including phenoxy) is 1. The highest BCUT2D eigenvalue weighted by molar-refractivity contribution is 5.91. The molecule has 128 valence electrons. The smallest absolute Gasteiger partial charge is 0.338 e. The first kappa shape index (κ1) is 18.0. The van der Waals surface area contributed by atoms with Crippen molar-refractivity contribution in [3.63, 3.8) is 0 Å². The molecule has 4 heteroatoms. The Balaban J connectivity index is 1.93. The third-order valence-electron chi connectivity index (χ3n) is 4.08. The van der Waals surface area contributed by atoms with Crippen LogP contribution < -0.4 is 4.90 Å². The van der Waals surface area contributed by atoms with E-state index in [1.165, 1.54) is 5.56 Å². The predicted octanol–water partition coefficient (Wildman–Crippen LogP) is 3.98. The topological polar surface area (TPSA) is 42.4 Å². The van der Waals surface area contributed by atoms with Crippen molar-refractivity contribution in [3.05, 3.63) is 59.4 Å². The number of esters is 1. The van der Waals surface area contributed by atoms with Gasteiger partial charge < -0.3 is 9.64 Å². The molecule has 0 amide bonds. The molecule has 0 atom stereocenters. The number of aryl methyl sites for hydroxylation is 1.